The number of benzene rings is 1. The Balaban J connectivity index is -0.000000270. The van der Waals surface area contributed by atoms with Crippen molar-refractivity contribution >= 4 is 0 Å². The largest absolute Gasteiger partial charge is 0.180 e. The average Bonchev–Trinajstić information content (AvgIpc) is 1.90. The van der Waals surface area contributed by atoms with Crippen LogP contribution in [-0.4, -0.2) is 0 Å². The molecule has 0 amide bonds. The fraction of sp³-hybridized carbons (Fsp3) is 0.333. The van der Waals surface area contributed by atoms with Crippen molar-refractivity contribution in [1.82, 2.24) is 0 Å². The molecule has 1 aromatic carbocycles. The van der Waals surface area contributed by atoms with Gasteiger partial charge in [-0.05, 0) is 5.92 Å². The third kappa shape index (κ3) is 2.51. The Morgan fingerprint density at radius 3 is 1.92 bits per heavy atom. The van der Waals surface area contributed by atoms with Crippen molar-refractivity contribution in [2.75, 3.05) is 0 Å². The van der Waals surface area contributed by atoms with E-state index in [0.717, 1.165) is 0 Å². The van der Waals surface area contributed by atoms with Crippen molar-refractivity contribution in [2.45, 2.75) is 19.8 Å². The standard InChI is InChI=1S/C9H11.3Cf/c1-8(2)9-6-4-3-5-7-9;;;/h3-6,8H,1-2H3;;;/q-1;;;. The van der Waals surface area contributed by atoms with Crippen LogP contribution in [0.4, 0.5) is 0 Å². The minimum absolute atomic E-state index is 0. The second-order valence-electron chi connectivity index (χ2n) is 2.47. The van der Waals surface area contributed by atoms with E-state index in [4.69, 9.17) is 0 Å². The van der Waals surface area contributed by atoms with E-state index in [0.29, 0.717) is 5.92 Å². The van der Waals surface area contributed by atoms with E-state index in [1.54, 1.807) is 0 Å². The summed E-state index contributed by atoms with van der Waals surface area (Å²) in [5, 5.41) is 0. The molecule has 0 unspecified atom stereocenters. The van der Waals surface area contributed by atoms with E-state index in [2.05, 4.69) is 26.0 Å². The van der Waals surface area contributed by atoms with Gasteiger partial charge in [-0.15, -0.1) is 0 Å². The molecule has 1 rings (SSSR count). The predicted octanol–water partition coefficient (Wildman–Crippen LogP) is 2.61. The van der Waals surface area contributed by atoms with Gasteiger partial charge in [0.1, 0.15) is 0 Å². The summed E-state index contributed by atoms with van der Waals surface area (Å²) in [5.74, 6) is 0.603. The molecule has 0 aromatic heterocycles. The van der Waals surface area contributed by atoms with Gasteiger partial charge in [0.25, 0.3) is 0 Å². The van der Waals surface area contributed by atoms with Gasteiger partial charge in [-0.2, -0.15) is 35.9 Å². The first kappa shape index (κ1) is 15.7. The van der Waals surface area contributed by atoms with Crippen LogP contribution in [0.5, 0.6) is 0 Å². The number of hydrogen-bond acceptors (Lipinski definition) is 0. The zero-order valence-electron chi connectivity index (χ0n) is 6.84. The van der Waals surface area contributed by atoms with E-state index in [9.17, 15) is 0 Å². The summed E-state index contributed by atoms with van der Waals surface area (Å²) >= 11 is 0. The van der Waals surface area contributed by atoms with Gasteiger partial charge in [-0.25, -0.2) is 0 Å². The Labute approximate surface area is 56.5 Å². The molecule has 78 valence electrons. The summed E-state index contributed by atoms with van der Waals surface area (Å²) in [6.07, 6.45) is 0. The van der Waals surface area contributed by atoms with Crippen LogP contribution in [-0.2, 0) is 0 Å². The van der Waals surface area contributed by atoms with Crippen molar-refractivity contribution in [2.24, 2.45) is 0 Å². The van der Waals surface area contributed by atoms with Gasteiger partial charge in [-0.1, -0.05) is 13.8 Å². The zero-order chi connectivity index (χ0) is 6.69. The molecule has 0 aliphatic heterocycles. The van der Waals surface area contributed by atoms with Crippen molar-refractivity contribution in [3.05, 3.63) is 35.9 Å². The van der Waals surface area contributed by atoms with Crippen LogP contribution in [0.2, 0.25) is 0 Å². The topological polar surface area (TPSA) is 0 Å². The van der Waals surface area contributed by atoms with Gasteiger partial charge in [0.2, 0.25) is 0 Å². The fourth-order valence-corrected chi connectivity index (χ4v) is 0.766. The van der Waals surface area contributed by atoms with E-state index in [1.807, 2.05) is 18.2 Å². The Bertz CT molecular complexity index is 172. The summed E-state index contributed by atoms with van der Waals surface area (Å²) in [5.41, 5.74) is 1.29. The molecule has 0 N–H and O–H groups in total. The molecule has 0 radical (unpaired) electrons. The maximum atomic E-state index is 3.17. The van der Waals surface area contributed by atoms with E-state index >= 15 is 0 Å². The molecule has 0 atom stereocenters. The summed E-state index contributed by atoms with van der Waals surface area (Å²) in [6.45, 7) is 4.34. The third-order valence-electron chi connectivity index (χ3n) is 1.36. The minimum atomic E-state index is 0. The Hall–Kier alpha value is -3.78. The maximum Gasteiger partial charge on any atom is 0 e. The van der Waals surface area contributed by atoms with Crippen molar-refractivity contribution in [3.8, 4) is 0 Å². The van der Waals surface area contributed by atoms with Crippen LogP contribution >= 0.6 is 0 Å². The summed E-state index contributed by atoms with van der Waals surface area (Å²) < 4.78 is 0. The minimum Gasteiger partial charge on any atom is -0.180 e. The smallest absolute Gasteiger partial charge is 0 e. The molecule has 0 aliphatic carbocycles. The second kappa shape index (κ2) is 5.36. The van der Waals surface area contributed by atoms with Crippen LogP contribution in [0.25, 0.3) is 0 Å². The quantitative estimate of drug-likeness (QED) is 0.382. The van der Waals surface area contributed by atoms with Crippen LogP contribution in [0.15, 0.2) is 24.3 Å². The van der Waals surface area contributed by atoms with Crippen molar-refractivity contribution in [3.63, 3.8) is 0 Å². The van der Waals surface area contributed by atoms with Crippen LogP contribution in [0.1, 0.15) is 25.3 Å². The molecular formula is C9H11Cf3-. The maximum absolute atomic E-state index is 3.17. The van der Waals surface area contributed by atoms with Gasteiger partial charge >= 0.3 is 0 Å². The third-order valence-corrected chi connectivity index (χ3v) is 1.36. The first-order chi connectivity index (χ1) is 4.30. The molecule has 0 saturated carbocycles. The Morgan fingerprint density at radius 2 is 1.67 bits per heavy atom. The molecule has 0 heterocycles. The molecular weight excluding hydrogens is 861 g/mol. The van der Waals surface area contributed by atoms with Gasteiger partial charge in [0.15, 0.2) is 0 Å². The average molecular weight is 872 g/mol. The van der Waals surface area contributed by atoms with Gasteiger partial charge in [0, 0.05) is 0 Å². The number of hydrogen-bond donors (Lipinski definition) is 0. The number of rotatable bonds is 1. The molecule has 0 fully saturated rings. The Kier molecular flexibility index (Phi) is 7.02. The summed E-state index contributed by atoms with van der Waals surface area (Å²) in [7, 11) is 0. The van der Waals surface area contributed by atoms with E-state index in [-0.39, 0.29) is 0 Å². The van der Waals surface area contributed by atoms with E-state index < -0.39 is 0 Å². The molecule has 0 spiro atoms. The fourth-order valence-electron chi connectivity index (χ4n) is 0.766. The first-order valence-electron chi connectivity index (χ1n) is 3.27. The normalized spacial score (nSPS) is 7.58. The van der Waals surface area contributed by atoms with Crippen LogP contribution in [0, 0.1) is 6.07 Å². The molecule has 1 aromatic rings. The summed E-state index contributed by atoms with van der Waals surface area (Å²) in [6, 6.07) is 11.3. The first-order valence-corrected chi connectivity index (χ1v) is 3.27. The van der Waals surface area contributed by atoms with Crippen LogP contribution < -0.4 is 0 Å². The second-order valence-corrected chi connectivity index (χ2v) is 2.47. The SMILES string of the molecule is CC(C)c1[c-]cccc1.[Cf].[Cf].[Cf]. The van der Waals surface area contributed by atoms with E-state index in [1.165, 1.54) is 5.56 Å². The van der Waals surface area contributed by atoms with Gasteiger partial charge < -0.3 is 0 Å². The molecule has 0 aliphatic rings. The summed E-state index contributed by atoms with van der Waals surface area (Å²) in [4.78, 5) is 0. The van der Waals surface area contributed by atoms with Gasteiger partial charge in [-0.3, -0.25) is 0 Å². The molecule has 0 nitrogen and oxygen atoms in total. The van der Waals surface area contributed by atoms with Crippen molar-refractivity contribution in [1.29, 1.82) is 0 Å². The monoisotopic (exact) mass is 866 g/mol. The zero-order valence-corrected chi connectivity index (χ0v) is 14.7. The Morgan fingerprint density at radius 1 is 1.08 bits per heavy atom. The van der Waals surface area contributed by atoms with Crippen molar-refractivity contribution < 1.29 is 0 Å². The van der Waals surface area contributed by atoms with Crippen LogP contribution in [0.3, 0.4) is 0 Å². The predicted molar refractivity (Wildman–Crippen MR) is 39.4 cm³/mol. The molecule has 0 saturated heterocycles. The molecule has 3 heteroatoms. The molecule has 0 bridgehead atoms. The molecule has 12 heavy (non-hydrogen) atoms. The van der Waals surface area contributed by atoms with Gasteiger partial charge in [0.05, 0.1) is 0 Å².